The Labute approximate surface area is 120 Å². The molecule has 1 saturated heterocycles. The second kappa shape index (κ2) is 6.34. The van der Waals surface area contributed by atoms with Crippen molar-refractivity contribution in [3.8, 4) is 5.75 Å². The van der Waals surface area contributed by atoms with Crippen molar-refractivity contribution in [1.29, 1.82) is 0 Å². The number of carbonyl (C=O) groups is 1. The number of amides is 1. The summed E-state index contributed by atoms with van der Waals surface area (Å²) in [6.07, 6.45) is 0. The fraction of sp³-hybridized carbons (Fsp3) is 0.462. The molecule has 1 fully saturated rings. The third-order valence-corrected chi connectivity index (χ3v) is 3.46. The molecule has 1 atom stereocenters. The maximum absolute atomic E-state index is 13.5. The Balaban J connectivity index is 1.89. The van der Waals surface area contributed by atoms with Crippen LogP contribution in [-0.2, 0) is 4.79 Å². The van der Waals surface area contributed by atoms with Crippen LogP contribution in [0.1, 0.15) is 6.92 Å². The fourth-order valence-corrected chi connectivity index (χ4v) is 2.32. The van der Waals surface area contributed by atoms with Gasteiger partial charge in [0.25, 0.3) is 5.91 Å². The average Bonchev–Trinajstić information content (AvgIpc) is 2.37. The molecular weight excluding hydrogens is 315 g/mol. The molecule has 0 aliphatic carbocycles. The monoisotopic (exact) mass is 330 g/mol. The lowest BCUT2D eigenvalue weighted by Crippen LogP contribution is -2.52. The molecule has 0 saturated carbocycles. The molecule has 1 aliphatic rings. The highest BCUT2D eigenvalue weighted by Crippen LogP contribution is 2.21. The van der Waals surface area contributed by atoms with E-state index in [4.69, 9.17) is 4.74 Å². The number of rotatable bonds is 3. The fourth-order valence-electron chi connectivity index (χ4n) is 1.98. The van der Waals surface area contributed by atoms with Gasteiger partial charge in [-0.2, -0.15) is 0 Å². The van der Waals surface area contributed by atoms with E-state index in [0.717, 1.165) is 6.54 Å². The summed E-state index contributed by atoms with van der Waals surface area (Å²) in [6.45, 7) is 3.99. The van der Waals surface area contributed by atoms with Gasteiger partial charge in [-0.25, -0.2) is 4.39 Å². The summed E-state index contributed by atoms with van der Waals surface area (Å²) in [5, 5.41) is 3.26. The molecule has 1 heterocycles. The molecule has 4 nitrogen and oxygen atoms in total. The largest absolute Gasteiger partial charge is 0.481 e. The predicted octanol–water partition coefficient (Wildman–Crippen LogP) is 1.79. The van der Waals surface area contributed by atoms with E-state index in [2.05, 4.69) is 21.2 Å². The molecule has 0 unspecified atom stereocenters. The second-order valence-corrected chi connectivity index (χ2v) is 5.47. The molecule has 0 bridgehead atoms. The summed E-state index contributed by atoms with van der Waals surface area (Å²) in [5.74, 6) is -0.494. The van der Waals surface area contributed by atoms with Crippen LogP contribution >= 0.6 is 15.9 Å². The van der Waals surface area contributed by atoms with Gasteiger partial charge in [-0.05, 0) is 25.1 Å². The minimum atomic E-state index is -0.476. The minimum absolute atomic E-state index is 0.0970. The summed E-state index contributed by atoms with van der Waals surface area (Å²) in [5.41, 5.74) is 0. The van der Waals surface area contributed by atoms with Gasteiger partial charge in [-0.15, -0.1) is 0 Å². The quantitative estimate of drug-likeness (QED) is 0.918. The summed E-state index contributed by atoms with van der Waals surface area (Å²) < 4.78 is 19.4. The number of benzene rings is 1. The third-order valence-electron chi connectivity index (χ3n) is 2.97. The normalized spacial score (nSPS) is 19.3. The number of piperazine rings is 1. The van der Waals surface area contributed by atoms with E-state index < -0.39 is 5.82 Å². The van der Waals surface area contributed by atoms with Crippen LogP contribution < -0.4 is 10.1 Å². The first-order valence-corrected chi connectivity index (χ1v) is 6.94. The molecule has 0 aromatic heterocycles. The number of hydrogen-bond donors (Lipinski definition) is 1. The van der Waals surface area contributed by atoms with Crippen molar-refractivity contribution >= 4 is 21.8 Å². The Hall–Kier alpha value is -1.14. The first kappa shape index (κ1) is 14.3. The van der Waals surface area contributed by atoms with E-state index in [9.17, 15) is 9.18 Å². The molecule has 0 radical (unpaired) electrons. The van der Waals surface area contributed by atoms with Crippen molar-refractivity contribution in [2.45, 2.75) is 13.0 Å². The number of carbonyl (C=O) groups excluding carboxylic acids is 1. The molecule has 19 heavy (non-hydrogen) atoms. The van der Waals surface area contributed by atoms with Gasteiger partial charge in [0.2, 0.25) is 0 Å². The standard InChI is InChI=1S/C13H16BrFN2O2/c1-9-7-17(5-4-16-9)13(18)8-19-12-3-2-10(14)6-11(12)15/h2-3,6,9,16H,4-5,7-8H2,1H3/t9-/m1/s1. The molecule has 1 aliphatic heterocycles. The zero-order valence-electron chi connectivity index (χ0n) is 10.7. The first-order chi connectivity index (χ1) is 9.06. The first-order valence-electron chi connectivity index (χ1n) is 6.15. The van der Waals surface area contributed by atoms with Crippen molar-refractivity contribution in [1.82, 2.24) is 10.2 Å². The number of nitrogens with zero attached hydrogens (tertiary/aromatic N) is 1. The Bertz CT molecular complexity index is 470. The van der Waals surface area contributed by atoms with Gasteiger partial charge in [0.15, 0.2) is 18.2 Å². The molecule has 104 valence electrons. The van der Waals surface area contributed by atoms with Crippen molar-refractivity contribution in [2.24, 2.45) is 0 Å². The number of ether oxygens (including phenoxy) is 1. The van der Waals surface area contributed by atoms with E-state index in [1.165, 1.54) is 12.1 Å². The maximum Gasteiger partial charge on any atom is 0.260 e. The zero-order chi connectivity index (χ0) is 13.8. The highest BCUT2D eigenvalue weighted by atomic mass is 79.9. The van der Waals surface area contributed by atoms with E-state index in [-0.39, 0.29) is 24.3 Å². The number of halogens is 2. The van der Waals surface area contributed by atoms with Gasteiger partial charge < -0.3 is 15.0 Å². The molecule has 6 heteroatoms. The molecule has 1 amide bonds. The van der Waals surface area contributed by atoms with Crippen LogP contribution in [0.3, 0.4) is 0 Å². The lowest BCUT2D eigenvalue weighted by Gasteiger charge is -2.31. The van der Waals surface area contributed by atoms with E-state index in [1.54, 1.807) is 11.0 Å². The van der Waals surface area contributed by atoms with Crippen LogP contribution in [0.25, 0.3) is 0 Å². The molecule has 1 aromatic carbocycles. The second-order valence-electron chi connectivity index (χ2n) is 4.56. The third kappa shape index (κ3) is 3.91. The predicted molar refractivity (Wildman–Crippen MR) is 73.6 cm³/mol. The van der Waals surface area contributed by atoms with Gasteiger partial charge >= 0.3 is 0 Å². The number of hydrogen-bond acceptors (Lipinski definition) is 3. The molecule has 0 spiro atoms. The summed E-state index contributed by atoms with van der Waals surface area (Å²) in [7, 11) is 0. The summed E-state index contributed by atoms with van der Waals surface area (Å²) >= 11 is 3.17. The molecular formula is C13H16BrFN2O2. The SMILES string of the molecule is C[C@@H]1CN(C(=O)COc2ccc(Br)cc2F)CCN1. The van der Waals surface area contributed by atoms with Crippen LogP contribution in [0, 0.1) is 5.82 Å². The van der Waals surface area contributed by atoms with Gasteiger partial charge in [0, 0.05) is 30.1 Å². The lowest BCUT2D eigenvalue weighted by molar-refractivity contribution is -0.134. The van der Waals surface area contributed by atoms with Crippen molar-refractivity contribution in [3.63, 3.8) is 0 Å². The Morgan fingerprint density at radius 3 is 3.11 bits per heavy atom. The molecule has 1 N–H and O–H groups in total. The van der Waals surface area contributed by atoms with Crippen LogP contribution in [0.2, 0.25) is 0 Å². The van der Waals surface area contributed by atoms with E-state index >= 15 is 0 Å². The summed E-state index contributed by atoms with van der Waals surface area (Å²) in [4.78, 5) is 13.7. The molecule has 2 rings (SSSR count). The van der Waals surface area contributed by atoms with Crippen molar-refractivity contribution in [3.05, 3.63) is 28.5 Å². The van der Waals surface area contributed by atoms with Gasteiger partial charge in [-0.3, -0.25) is 4.79 Å². The van der Waals surface area contributed by atoms with Gasteiger partial charge in [0.05, 0.1) is 0 Å². The number of nitrogens with one attached hydrogen (secondary N) is 1. The topological polar surface area (TPSA) is 41.6 Å². The highest BCUT2D eigenvalue weighted by molar-refractivity contribution is 9.10. The zero-order valence-corrected chi connectivity index (χ0v) is 12.2. The Morgan fingerprint density at radius 2 is 2.42 bits per heavy atom. The van der Waals surface area contributed by atoms with E-state index in [1.807, 2.05) is 6.92 Å². The van der Waals surface area contributed by atoms with Crippen LogP contribution in [0.15, 0.2) is 22.7 Å². The van der Waals surface area contributed by atoms with Gasteiger partial charge in [-0.1, -0.05) is 15.9 Å². The average molecular weight is 331 g/mol. The van der Waals surface area contributed by atoms with Crippen molar-refractivity contribution in [2.75, 3.05) is 26.2 Å². The Kier molecular flexibility index (Phi) is 4.76. The summed E-state index contributed by atoms with van der Waals surface area (Å²) in [6, 6.07) is 4.78. The smallest absolute Gasteiger partial charge is 0.260 e. The van der Waals surface area contributed by atoms with Gasteiger partial charge in [0.1, 0.15) is 0 Å². The lowest BCUT2D eigenvalue weighted by atomic mass is 10.2. The maximum atomic E-state index is 13.5. The van der Waals surface area contributed by atoms with Crippen LogP contribution in [-0.4, -0.2) is 43.1 Å². The minimum Gasteiger partial charge on any atom is -0.481 e. The molecule has 1 aromatic rings. The van der Waals surface area contributed by atoms with Crippen LogP contribution in [0.5, 0.6) is 5.75 Å². The highest BCUT2D eigenvalue weighted by Gasteiger charge is 2.20. The van der Waals surface area contributed by atoms with E-state index in [0.29, 0.717) is 17.6 Å². The van der Waals surface area contributed by atoms with Crippen molar-refractivity contribution < 1.29 is 13.9 Å². The van der Waals surface area contributed by atoms with Crippen LogP contribution in [0.4, 0.5) is 4.39 Å². The Morgan fingerprint density at radius 1 is 1.63 bits per heavy atom.